The Morgan fingerprint density at radius 1 is 0.552 bits per heavy atom. The van der Waals surface area contributed by atoms with Crippen LogP contribution in [0.25, 0.3) is 22.1 Å². The average Bonchev–Trinajstić information content (AvgIpc) is 3.34. The van der Waals surface area contributed by atoms with E-state index in [9.17, 15) is 18.4 Å². The Morgan fingerprint density at radius 2 is 0.985 bits per heavy atom. The molecule has 2 fully saturated rings. The van der Waals surface area contributed by atoms with E-state index in [0.717, 1.165) is 88.1 Å². The second-order valence-corrected chi connectivity index (χ2v) is 17.3. The Kier molecular flexibility index (Phi) is 16.0. The zero-order valence-corrected chi connectivity index (χ0v) is 37.0. The highest BCUT2D eigenvalue weighted by atomic mass is 19.1. The van der Waals surface area contributed by atoms with Crippen molar-refractivity contribution in [3.8, 4) is 23.0 Å². The largest absolute Gasteiger partial charge is 0.486 e. The van der Waals surface area contributed by atoms with Crippen LogP contribution in [0.15, 0.2) is 82.9 Å². The Balaban J connectivity index is 0.000000179. The Morgan fingerprint density at radius 3 is 1.43 bits per heavy atom. The smallest absolute Gasteiger partial charge is 0.251 e. The Bertz CT molecular complexity index is 2550. The number of pyridine rings is 6. The van der Waals surface area contributed by atoms with Gasteiger partial charge in [-0.15, -0.1) is 0 Å². The highest BCUT2D eigenvalue weighted by Gasteiger charge is 2.22. The summed E-state index contributed by atoms with van der Waals surface area (Å²) in [7, 11) is 0. The minimum atomic E-state index is -0.432. The molecule has 10 rings (SSSR count). The summed E-state index contributed by atoms with van der Waals surface area (Å²) < 4.78 is 53.0. The molecule has 16 nitrogen and oxygen atoms in total. The molecule has 6 aromatic heterocycles. The summed E-state index contributed by atoms with van der Waals surface area (Å²) in [6, 6.07) is 12.9. The molecule has 10 heterocycles. The summed E-state index contributed by atoms with van der Waals surface area (Å²) in [6.07, 6.45) is 10.4. The van der Waals surface area contributed by atoms with E-state index in [1.165, 1.54) is 49.5 Å². The van der Waals surface area contributed by atoms with Crippen molar-refractivity contribution in [2.45, 2.75) is 59.3 Å². The van der Waals surface area contributed by atoms with Crippen LogP contribution in [0.2, 0.25) is 0 Å². The first-order valence-electron chi connectivity index (χ1n) is 23.0. The van der Waals surface area contributed by atoms with E-state index in [0.29, 0.717) is 98.0 Å². The molecule has 2 atom stereocenters. The maximum absolute atomic E-state index is 13.7. The van der Waals surface area contributed by atoms with Gasteiger partial charge in [-0.25, -0.2) is 8.78 Å². The maximum Gasteiger partial charge on any atom is 0.251 e. The van der Waals surface area contributed by atoms with E-state index in [1.807, 2.05) is 12.1 Å². The topological polar surface area (TPSA) is 163 Å². The van der Waals surface area contributed by atoms with Crippen molar-refractivity contribution in [1.29, 1.82) is 0 Å². The lowest BCUT2D eigenvalue weighted by molar-refractivity contribution is 0.166. The van der Waals surface area contributed by atoms with Crippen molar-refractivity contribution in [2.24, 2.45) is 11.8 Å². The summed E-state index contributed by atoms with van der Waals surface area (Å²) in [5.74, 6) is 3.12. The van der Waals surface area contributed by atoms with E-state index in [-0.39, 0.29) is 18.5 Å². The lowest BCUT2D eigenvalue weighted by atomic mass is 9.98. The number of aromatic nitrogens is 6. The molecule has 0 aliphatic carbocycles. The zero-order valence-electron chi connectivity index (χ0n) is 37.0. The van der Waals surface area contributed by atoms with Crippen molar-refractivity contribution in [3.05, 3.63) is 117 Å². The lowest BCUT2D eigenvalue weighted by Crippen LogP contribution is -2.41. The standard InChI is InChI=1S/2C24H28FN5O3.CH4/c2*25-18-10-21-20(28-13-18)3-4-24(31)30(21)7-6-29-5-1-2-17(16-29)12-26-14-19-11-22-23(15-27-19)33-9-8-32-22;/h2*3-4,10-11,13,15,17,26H,1-2,5-9,12,14,16H2;1H4. The van der Waals surface area contributed by atoms with Gasteiger partial charge in [-0.1, -0.05) is 7.43 Å². The molecule has 67 heavy (non-hydrogen) atoms. The number of fused-ring (bicyclic) bond motifs is 4. The van der Waals surface area contributed by atoms with E-state index < -0.39 is 11.6 Å². The van der Waals surface area contributed by atoms with Crippen LogP contribution < -0.4 is 40.7 Å². The van der Waals surface area contributed by atoms with Crippen molar-refractivity contribution in [2.75, 3.05) is 78.8 Å². The van der Waals surface area contributed by atoms with Crippen LogP contribution in [0.3, 0.4) is 0 Å². The van der Waals surface area contributed by atoms with E-state index in [2.05, 4.69) is 40.4 Å². The predicted octanol–water partition coefficient (Wildman–Crippen LogP) is 5.04. The Hall–Kier alpha value is -6.08. The van der Waals surface area contributed by atoms with Crippen LogP contribution >= 0.6 is 0 Å². The molecule has 0 saturated carbocycles. The molecule has 0 amide bonds. The minimum absolute atomic E-state index is 0. The van der Waals surface area contributed by atoms with Crippen LogP contribution in [0.4, 0.5) is 8.78 Å². The first kappa shape index (κ1) is 47.4. The van der Waals surface area contributed by atoms with Crippen molar-refractivity contribution >= 4 is 22.1 Å². The molecule has 0 bridgehead atoms. The van der Waals surface area contributed by atoms with E-state index >= 15 is 0 Å². The van der Waals surface area contributed by atoms with Gasteiger partial charge in [0.05, 0.1) is 58.2 Å². The lowest BCUT2D eigenvalue weighted by Gasteiger charge is -2.33. The molecule has 2 unspecified atom stereocenters. The number of rotatable bonds is 14. The first-order valence-corrected chi connectivity index (χ1v) is 23.0. The molecule has 356 valence electrons. The van der Waals surface area contributed by atoms with Gasteiger partial charge in [0.2, 0.25) is 0 Å². The molecule has 0 radical (unpaired) electrons. The fourth-order valence-electron chi connectivity index (χ4n) is 9.25. The molecule has 2 saturated heterocycles. The third-order valence-corrected chi connectivity index (χ3v) is 12.5. The number of piperidine rings is 2. The highest BCUT2D eigenvalue weighted by molar-refractivity contribution is 5.74. The average molecular weight is 923 g/mol. The number of nitrogens with one attached hydrogen (secondary N) is 2. The van der Waals surface area contributed by atoms with Crippen LogP contribution in [0, 0.1) is 23.5 Å². The van der Waals surface area contributed by atoms with Gasteiger partial charge in [0.15, 0.2) is 23.0 Å². The highest BCUT2D eigenvalue weighted by Crippen LogP contribution is 2.30. The van der Waals surface area contributed by atoms with Gasteiger partial charge in [-0.2, -0.15) is 0 Å². The molecule has 18 heteroatoms. The summed E-state index contributed by atoms with van der Waals surface area (Å²) in [5, 5.41) is 7.04. The van der Waals surface area contributed by atoms with Gasteiger partial charge in [-0.05, 0) is 75.8 Å². The zero-order chi connectivity index (χ0) is 45.2. The van der Waals surface area contributed by atoms with Gasteiger partial charge in [0.25, 0.3) is 11.1 Å². The summed E-state index contributed by atoms with van der Waals surface area (Å²) in [6.45, 7) is 11.9. The second kappa shape index (κ2) is 22.6. The fraction of sp³-hybridized carbons (Fsp3) is 0.469. The molecular weight excluding hydrogens is 863 g/mol. The molecule has 0 aromatic carbocycles. The molecular formula is C49H60F2N10O6. The summed E-state index contributed by atoms with van der Waals surface area (Å²) >= 11 is 0. The number of ether oxygens (including phenoxy) is 4. The molecule has 4 aliphatic heterocycles. The first-order chi connectivity index (χ1) is 32.3. The Labute approximate surface area is 388 Å². The van der Waals surface area contributed by atoms with E-state index in [1.54, 1.807) is 33.7 Å². The van der Waals surface area contributed by atoms with Crippen LogP contribution in [0.5, 0.6) is 23.0 Å². The van der Waals surface area contributed by atoms with E-state index in [4.69, 9.17) is 18.9 Å². The number of hydrogen-bond donors (Lipinski definition) is 2. The molecule has 2 N–H and O–H groups in total. The summed E-state index contributed by atoms with van der Waals surface area (Å²) in [5.41, 5.74) is 3.96. The maximum atomic E-state index is 13.7. The van der Waals surface area contributed by atoms with Crippen LogP contribution in [-0.4, -0.2) is 118 Å². The molecule has 6 aromatic rings. The third kappa shape index (κ3) is 12.3. The number of likely N-dealkylation sites (tertiary alicyclic amines) is 2. The predicted molar refractivity (Wildman–Crippen MR) is 251 cm³/mol. The van der Waals surface area contributed by atoms with Gasteiger partial charge in [-0.3, -0.25) is 29.5 Å². The molecule has 0 spiro atoms. The summed E-state index contributed by atoms with van der Waals surface area (Å²) in [4.78, 5) is 46.7. The van der Waals surface area contributed by atoms with Crippen molar-refractivity contribution in [3.63, 3.8) is 0 Å². The van der Waals surface area contributed by atoms with Crippen LogP contribution in [-0.2, 0) is 26.2 Å². The SMILES string of the molecule is C.O=c1ccc2ncc(F)cc2n1CCN1CCCC(CNCc2cc3c(cn2)OCCO3)C1.O=c1ccc2ncc(F)cc2n1CCN1CCCC(CNCc2cc3c(cn2)OCCO3)C1. The minimum Gasteiger partial charge on any atom is -0.486 e. The van der Waals surface area contributed by atoms with Crippen molar-refractivity contribution in [1.82, 2.24) is 49.5 Å². The normalized spacial score (nSPS) is 18.2. The molecule has 4 aliphatic rings. The monoisotopic (exact) mass is 922 g/mol. The van der Waals surface area contributed by atoms with Gasteiger partial charge >= 0.3 is 0 Å². The van der Waals surface area contributed by atoms with Gasteiger partial charge in [0, 0.05) is 88.8 Å². The number of hydrogen-bond acceptors (Lipinski definition) is 14. The van der Waals surface area contributed by atoms with Crippen LogP contribution in [0.1, 0.15) is 44.5 Å². The number of nitrogens with zero attached hydrogens (tertiary/aromatic N) is 8. The van der Waals surface area contributed by atoms with Gasteiger partial charge in [0.1, 0.15) is 38.1 Å². The second-order valence-electron chi connectivity index (χ2n) is 17.3. The van der Waals surface area contributed by atoms with Gasteiger partial charge < -0.3 is 48.5 Å². The fourth-order valence-corrected chi connectivity index (χ4v) is 9.25. The quantitative estimate of drug-likeness (QED) is 0.149. The van der Waals surface area contributed by atoms with Crippen molar-refractivity contribution < 1.29 is 27.7 Å². The number of halogens is 2. The third-order valence-electron chi connectivity index (χ3n) is 12.5.